The Bertz CT molecular complexity index is 589. The predicted octanol–water partition coefficient (Wildman–Crippen LogP) is 3.53. The van der Waals surface area contributed by atoms with E-state index in [2.05, 4.69) is 0 Å². The van der Waals surface area contributed by atoms with E-state index in [4.69, 9.17) is 11.6 Å². The monoisotopic (exact) mass is 337 g/mol. The summed E-state index contributed by atoms with van der Waals surface area (Å²) in [6, 6.07) is 2.36. The molecular weight excluding hydrogens is 320 g/mol. The number of hydrogen-bond acceptors (Lipinski definition) is 2. The van der Waals surface area contributed by atoms with Gasteiger partial charge >= 0.3 is 0 Å². The molecule has 1 fully saturated rings. The zero-order valence-corrected chi connectivity index (χ0v) is 13.1. The Morgan fingerprint density at radius 2 is 1.86 bits per heavy atom. The quantitative estimate of drug-likeness (QED) is 0.771. The minimum Gasteiger partial charge on any atom is -0.207 e. The van der Waals surface area contributed by atoms with Gasteiger partial charge in [0.15, 0.2) is 0 Å². The van der Waals surface area contributed by atoms with Crippen LogP contribution in [0.1, 0.15) is 32.1 Å². The van der Waals surface area contributed by atoms with Gasteiger partial charge in [-0.1, -0.05) is 19.3 Å². The van der Waals surface area contributed by atoms with Crippen molar-refractivity contribution in [2.45, 2.75) is 43.0 Å². The topological polar surface area (TPSA) is 37.4 Å². The molecule has 1 aromatic rings. The molecule has 0 heterocycles. The summed E-state index contributed by atoms with van der Waals surface area (Å²) in [6.45, 7) is 0.130. The van der Waals surface area contributed by atoms with E-state index in [-0.39, 0.29) is 18.5 Å². The van der Waals surface area contributed by atoms with E-state index in [0.29, 0.717) is 6.07 Å². The number of hydrogen-bond donors (Lipinski definition) is 0. The number of benzene rings is 1. The molecule has 1 aromatic carbocycles. The normalized spacial score (nSPS) is 17.3. The molecule has 0 aliphatic heterocycles. The van der Waals surface area contributed by atoms with Crippen LogP contribution in [0.4, 0.5) is 8.78 Å². The van der Waals surface area contributed by atoms with E-state index in [0.717, 1.165) is 44.2 Å². The lowest BCUT2D eigenvalue weighted by molar-refractivity contribution is 0.261. The lowest BCUT2D eigenvalue weighted by atomic mass is 9.95. The highest BCUT2D eigenvalue weighted by molar-refractivity contribution is 7.89. The van der Waals surface area contributed by atoms with Crippen LogP contribution in [0, 0.1) is 11.6 Å². The molecule has 0 N–H and O–H groups in total. The molecule has 1 aliphatic rings. The van der Waals surface area contributed by atoms with Crippen LogP contribution < -0.4 is 0 Å². The van der Waals surface area contributed by atoms with Gasteiger partial charge in [-0.15, -0.1) is 11.6 Å². The van der Waals surface area contributed by atoms with Gasteiger partial charge in [-0.25, -0.2) is 17.2 Å². The minimum absolute atomic E-state index is 0.130. The predicted molar refractivity (Wildman–Crippen MR) is 77.8 cm³/mol. The maximum absolute atomic E-state index is 13.8. The fraction of sp³-hybridized carbons (Fsp3) is 0.571. The number of sulfonamides is 1. The van der Waals surface area contributed by atoms with Crippen LogP contribution >= 0.6 is 11.6 Å². The summed E-state index contributed by atoms with van der Waals surface area (Å²) in [5.41, 5.74) is 0. The van der Waals surface area contributed by atoms with Crippen LogP contribution in [0.5, 0.6) is 0 Å². The van der Waals surface area contributed by atoms with Crippen LogP contribution in [0.15, 0.2) is 23.1 Å². The second kappa shape index (κ2) is 7.03. The molecule has 0 amide bonds. The molecule has 1 saturated carbocycles. The summed E-state index contributed by atoms with van der Waals surface area (Å²) >= 11 is 5.71. The summed E-state index contributed by atoms with van der Waals surface area (Å²) in [4.78, 5) is -0.486. The molecule has 1 aliphatic carbocycles. The number of alkyl halides is 1. The lowest BCUT2D eigenvalue weighted by Crippen LogP contribution is -2.42. The standard InChI is InChI=1S/C14H18ClF2NO2S/c15-8-9-18(12-4-2-1-3-5-12)21(19,20)14-7-6-11(16)10-13(14)17/h6-7,10,12H,1-5,8-9H2. The molecule has 0 bridgehead atoms. The number of halogens is 3. The van der Waals surface area contributed by atoms with Crippen molar-refractivity contribution in [3.05, 3.63) is 29.8 Å². The molecule has 7 heteroatoms. The van der Waals surface area contributed by atoms with E-state index in [9.17, 15) is 17.2 Å². The first kappa shape index (κ1) is 16.6. The maximum atomic E-state index is 13.8. The van der Waals surface area contributed by atoms with Crippen molar-refractivity contribution in [2.24, 2.45) is 0 Å². The Morgan fingerprint density at radius 3 is 2.43 bits per heavy atom. The van der Waals surface area contributed by atoms with Crippen LogP contribution in [0.3, 0.4) is 0 Å². The van der Waals surface area contributed by atoms with Gasteiger partial charge in [-0.3, -0.25) is 0 Å². The van der Waals surface area contributed by atoms with Gasteiger partial charge in [0.25, 0.3) is 0 Å². The van der Waals surface area contributed by atoms with Gasteiger partial charge in [0.1, 0.15) is 16.5 Å². The van der Waals surface area contributed by atoms with Crippen LogP contribution in [0.2, 0.25) is 0 Å². The molecule has 2 rings (SSSR count). The van der Waals surface area contributed by atoms with E-state index in [1.807, 2.05) is 0 Å². The molecule has 0 unspecified atom stereocenters. The first-order chi connectivity index (χ1) is 9.96. The molecular formula is C14H18ClF2NO2S. The minimum atomic E-state index is -4.00. The summed E-state index contributed by atoms with van der Waals surface area (Å²) in [5.74, 6) is -1.73. The molecule has 0 saturated heterocycles. The highest BCUT2D eigenvalue weighted by atomic mass is 35.5. The van der Waals surface area contributed by atoms with Gasteiger partial charge in [0, 0.05) is 24.5 Å². The van der Waals surface area contributed by atoms with Crippen molar-refractivity contribution in [2.75, 3.05) is 12.4 Å². The first-order valence-corrected chi connectivity index (χ1v) is 8.97. The third-order valence-corrected chi connectivity index (χ3v) is 5.92. The van der Waals surface area contributed by atoms with Crippen molar-refractivity contribution in [1.29, 1.82) is 0 Å². The van der Waals surface area contributed by atoms with Crippen molar-refractivity contribution in [3.8, 4) is 0 Å². The highest BCUT2D eigenvalue weighted by Crippen LogP contribution is 2.29. The lowest BCUT2D eigenvalue weighted by Gasteiger charge is -2.33. The van der Waals surface area contributed by atoms with Crippen LogP contribution in [-0.4, -0.2) is 31.2 Å². The molecule has 21 heavy (non-hydrogen) atoms. The maximum Gasteiger partial charge on any atom is 0.246 e. The SMILES string of the molecule is O=S(=O)(c1ccc(F)cc1F)N(CCCl)C1CCCCC1. The van der Waals surface area contributed by atoms with Gasteiger partial charge in [-0.2, -0.15) is 4.31 Å². The second-order valence-electron chi connectivity index (χ2n) is 5.17. The average molecular weight is 338 g/mol. The Morgan fingerprint density at radius 1 is 1.19 bits per heavy atom. The highest BCUT2D eigenvalue weighted by Gasteiger charge is 2.33. The van der Waals surface area contributed by atoms with Crippen LogP contribution in [-0.2, 0) is 10.0 Å². The Hall–Kier alpha value is -0.720. The molecule has 0 spiro atoms. The average Bonchev–Trinajstić information content (AvgIpc) is 2.45. The first-order valence-electron chi connectivity index (χ1n) is 6.99. The summed E-state index contributed by atoms with van der Waals surface area (Å²) in [5, 5.41) is 0. The van der Waals surface area contributed by atoms with E-state index >= 15 is 0 Å². The smallest absolute Gasteiger partial charge is 0.207 e. The fourth-order valence-corrected chi connectivity index (χ4v) is 4.78. The van der Waals surface area contributed by atoms with E-state index in [1.54, 1.807) is 0 Å². The Kier molecular flexibility index (Phi) is 5.57. The second-order valence-corrected chi connectivity index (χ2v) is 7.41. The third kappa shape index (κ3) is 3.73. The van der Waals surface area contributed by atoms with E-state index in [1.165, 1.54) is 4.31 Å². The Labute approximate surface area is 129 Å². The molecule has 0 aromatic heterocycles. The molecule has 0 radical (unpaired) electrons. The zero-order chi connectivity index (χ0) is 15.5. The molecule has 0 atom stereocenters. The van der Waals surface area contributed by atoms with Crippen LogP contribution in [0.25, 0.3) is 0 Å². The summed E-state index contributed by atoms with van der Waals surface area (Å²) in [7, 11) is -4.00. The van der Waals surface area contributed by atoms with Crippen molar-refractivity contribution < 1.29 is 17.2 Å². The van der Waals surface area contributed by atoms with E-state index < -0.39 is 26.6 Å². The van der Waals surface area contributed by atoms with Gasteiger partial charge in [0.2, 0.25) is 10.0 Å². The summed E-state index contributed by atoms with van der Waals surface area (Å²) in [6.07, 6.45) is 4.48. The van der Waals surface area contributed by atoms with Crippen molar-refractivity contribution >= 4 is 21.6 Å². The van der Waals surface area contributed by atoms with Gasteiger partial charge in [-0.05, 0) is 25.0 Å². The molecule has 3 nitrogen and oxygen atoms in total. The van der Waals surface area contributed by atoms with Crippen molar-refractivity contribution in [3.63, 3.8) is 0 Å². The number of nitrogens with zero attached hydrogens (tertiary/aromatic N) is 1. The number of rotatable bonds is 5. The fourth-order valence-electron chi connectivity index (χ4n) is 2.76. The summed E-state index contributed by atoms with van der Waals surface area (Å²) < 4.78 is 53.4. The Balaban J connectivity index is 2.36. The van der Waals surface area contributed by atoms with Gasteiger partial charge < -0.3 is 0 Å². The zero-order valence-electron chi connectivity index (χ0n) is 11.6. The molecule has 118 valence electrons. The van der Waals surface area contributed by atoms with Crippen molar-refractivity contribution in [1.82, 2.24) is 4.31 Å². The third-order valence-electron chi connectivity index (χ3n) is 3.77. The van der Waals surface area contributed by atoms with Gasteiger partial charge in [0.05, 0.1) is 0 Å². The largest absolute Gasteiger partial charge is 0.246 e.